The van der Waals surface area contributed by atoms with Crippen LogP contribution >= 0.6 is 15.9 Å². The zero-order valence-corrected chi connectivity index (χ0v) is 10.5. The van der Waals surface area contributed by atoms with Gasteiger partial charge in [-0.25, -0.2) is 0 Å². The second-order valence-electron chi connectivity index (χ2n) is 4.17. The summed E-state index contributed by atoms with van der Waals surface area (Å²) in [6.45, 7) is 3.29. The van der Waals surface area contributed by atoms with E-state index in [4.69, 9.17) is 9.47 Å². The molecule has 1 aromatic rings. The topological polar surface area (TPSA) is 30.5 Å². The van der Waals surface area contributed by atoms with E-state index in [1.807, 2.05) is 0 Å². The van der Waals surface area contributed by atoms with Crippen molar-refractivity contribution in [3.8, 4) is 5.75 Å². The fraction of sp³-hybridized carbons (Fsp3) is 0.500. The maximum atomic E-state index is 5.57. The highest BCUT2D eigenvalue weighted by molar-refractivity contribution is 9.10. The third-order valence-corrected chi connectivity index (χ3v) is 3.67. The summed E-state index contributed by atoms with van der Waals surface area (Å²) in [6.07, 6.45) is 1.01. The van der Waals surface area contributed by atoms with Gasteiger partial charge in [0.2, 0.25) is 0 Å². The fourth-order valence-corrected chi connectivity index (χ4v) is 2.90. The van der Waals surface area contributed by atoms with Crippen LogP contribution in [0.15, 0.2) is 16.6 Å². The van der Waals surface area contributed by atoms with Crippen molar-refractivity contribution in [3.63, 3.8) is 0 Å². The predicted octanol–water partition coefficient (Wildman–Crippen LogP) is 2.04. The van der Waals surface area contributed by atoms with Crippen LogP contribution in [0.1, 0.15) is 17.2 Å². The lowest BCUT2D eigenvalue weighted by molar-refractivity contribution is 0.0768. The first-order valence-corrected chi connectivity index (χ1v) is 6.40. The van der Waals surface area contributed by atoms with Crippen LogP contribution in [0, 0.1) is 0 Å². The van der Waals surface area contributed by atoms with Crippen LogP contribution in [-0.4, -0.2) is 26.4 Å². The Kier molecular flexibility index (Phi) is 2.88. The van der Waals surface area contributed by atoms with Gasteiger partial charge in [-0.05, 0) is 33.1 Å². The highest BCUT2D eigenvalue weighted by atomic mass is 79.9. The highest BCUT2D eigenvalue weighted by Crippen LogP contribution is 2.36. The molecule has 0 spiro atoms. The van der Waals surface area contributed by atoms with Crippen LogP contribution in [0.5, 0.6) is 5.75 Å². The molecular formula is C12H14BrNO2. The average Bonchev–Trinajstić information content (AvgIpc) is 2.79. The summed E-state index contributed by atoms with van der Waals surface area (Å²) in [4.78, 5) is 0. The van der Waals surface area contributed by atoms with Crippen molar-refractivity contribution in [2.75, 3.05) is 26.4 Å². The molecule has 0 aromatic heterocycles. The van der Waals surface area contributed by atoms with Crippen molar-refractivity contribution in [2.45, 2.75) is 12.5 Å². The third kappa shape index (κ3) is 1.85. The molecule has 0 radical (unpaired) electrons. The standard InChI is InChI=1S/C12H14BrNO2/c13-10-6-9(11-7-15-4-2-14-11)5-8-1-3-16-12(8)10/h5-6,11,14H,1-4,7H2. The van der Waals surface area contributed by atoms with E-state index in [2.05, 4.69) is 33.4 Å². The molecule has 16 heavy (non-hydrogen) atoms. The molecule has 3 rings (SSSR count). The highest BCUT2D eigenvalue weighted by Gasteiger charge is 2.21. The molecule has 86 valence electrons. The lowest BCUT2D eigenvalue weighted by Crippen LogP contribution is -2.34. The van der Waals surface area contributed by atoms with Gasteiger partial charge >= 0.3 is 0 Å². The molecule has 1 fully saturated rings. The summed E-state index contributed by atoms with van der Waals surface area (Å²) in [7, 11) is 0. The van der Waals surface area contributed by atoms with Gasteiger partial charge in [-0.15, -0.1) is 0 Å². The normalized spacial score (nSPS) is 23.9. The predicted molar refractivity (Wildman–Crippen MR) is 64.9 cm³/mol. The average molecular weight is 284 g/mol. The van der Waals surface area contributed by atoms with E-state index in [9.17, 15) is 0 Å². The Balaban J connectivity index is 1.92. The van der Waals surface area contributed by atoms with E-state index >= 15 is 0 Å². The van der Waals surface area contributed by atoms with E-state index in [0.29, 0.717) is 6.04 Å². The van der Waals surface area contributed by atoms with Gasteiger partial charge in [0, 0.05) is 13.0 Å². The number of halogens is 1. The lowest BCUT2D eigenvalue weighted by atomic mass is 10.0. The van der Waals surface area contributed by atoms with Crippen molar-refractivity contribution < 1.29 is 9.47 Å². The van der Waals surface area contributed by atoms with E-state index in [1.165, 1.54) is 11.1 Å². The smallest absolute Gasteiger partial charge is 0.136 e. The summed E-state index contributed by atoms with van der Waals surface area (Å²) in [5.41, 5.74) is 2.59. The largest absolute Gasteiger partial charge is 0.492 e. The number of hydrogen-bond donors (Lipinski definition) is 1. The maximum absolute atomic E-state index is 5.57. The zero-order valence-electron chi connectivity index (χ0n) is 8.96. The molecule has 4 heteroatoms. The molecule has 0 bridgehead atoms. The molecule has 0 saturated carbocycles. The molecule has 1 unspecified atom stereocenters. The van der Waals surface area contributed by atoms with Crippen molar-refractivity contribution in [1.82, 2.24) is 5.32 Å². The lowest BCUT2D eigenvalue weighted by Gasteiger charge is -2.24. The Morgan fingerprint density at radius 3 is 3.06 bits per heavy atom. The van der Waals surface area contributed by atoms with E-state index < -0.39 is 0 Å². The van der Waals surface area contributed by atoms with Gasteiger partial charge in [-0.3, -0.25) is 0 Å². The Labute approximate surface area is 103 Å². The van der Waals surface area contributed by atoms with Gasteiger partial charge < -0.3 is 14.8 Å². The Hall–Kier alpha value is -0.580. The summed E-state index contributed by atoms with van der Waals surface area (Å²) < 4.78 is 12.1. The molecule has 3 nitrogen and oxygen atoms in total. The monoisotopic (exact) mass is 283 g/mol. The Morgan fingerprint density at radius 1 is 1.31 bits per heavy atom. The SMILES string of the molecule is Brc1cc(C2COCCN2)cc2c1OCC2. The number of rotatable bonds is 1. The molecule has 0 amide bonds. The van der Waals surface area contributed by atoms with Crippen LogP contribution in [0.4, 0.5) is 0 Å². The van der Waals surface area contributed by atoms with Crippen molar-refractivity contribution in [1.29, 1.82) is 0 Å². The summed E-state index contributed by atoms with van der Waals surface area (Å²) in [6, 6.07) is 4.69. The first kappa shape index (κ1) is 10.6. The number of morpholine rings is 1. The van der Waals surface area contributed by atoms with Gasteiger partial charge in [0.05, 0.1) is 30.3 Å². The van der Waals surface area contributed by atoms with E-state index in [1.54, 1.807) is 0 Å². The molecule has 2 aliphatic rings. The molecule has 1 atom stereocenters. The minimum Gasteiger partial charge on any atom is -0.492 e. The summed E-state index contributed by atoms with van der Waals surface area (Å²) in [5.74, 6) is 1.01. The van der Waals surface area contributed by atoms with Crippen molar-refractivity contribution in [2.24, 2.45) is 0 Å². The molecule has 2 aliphatic heterocycles. The first-order valence-electron chi connectivity index (χ1n) is 5.61. The molecule has 1 saturated heterocycles. The van der Waals surface area contributed by atoms with E-state index in [0.717, 1.165) is 43.0 Å². The van der Waals surface area contributed by atoms with Gasteiger partial charge in [0.1, 0.15) is 5.75 Å². The van der Waals surface area contributed by atoms with Gasteiger partial charge in [-0.1, -0.05) is 6.07 Å². The van der Waals surface area contributed by atoms with Crippen LogP contribution < -0.4 is 10.1 Å². The second kappa shape index (κ2) is 4.35. The molecule has 0 aliphatic carbocycles. The third-order valence-electron chi connectivity index (χ3n) is 3.08. The Morgan fingerprint density at radius 2 is 2.25 bits per heavy atom. The molecule has 2 heterocycles. The minimum atomic E-state index is 0.316. The molecule has 1 aromatic carbocycles. The van der Waals surface area contributed by atoms with Gasteiger partial charge in [0.15, 0.2) is 0 Å². The van der Waals surface area contributed by atoms with Crippen molar-refractivity contribution in [3.05, 3.63) is 27.7 Å². The number of hydrogen-bond acceptors (Lipinski definition) is 3. The fourth-order valence-electron chi connectivity index (χ4n) is 2.26. The van der Waals surface area contributed by atoms with Crippen LogP contribution in [-0.2, 0) is 11.2 Å². The number of benzene rings is 1. The van der Waals surface area contributed by atoms with Crippen LogP contribution in [0.2, 0.25) is 0 Å². The molecular weight excluding hydrogens is 270 g/mol. The Bertz CT molecular complexity index is 402. The van der Waals surface area contributed by atoms with Gasteiger partial charge in [0.25, 0.3) is 0 Å². The number of nitrogens with one attached hydrogen (secondary N) is 1. The molecule has 1 N–H and O–H groups in total. The van der Waals surface area contributed by atoms with Crippen LogP contribution in [0.3, 0.4) is 0 Å². The maximum Gasteiger partial charge on any atom is 0.136 e. The number of ether oxygens (including phenoxy) is 2. The minimum absolute atomic E-state index is 0.316. The van der Waals surface area contributed by atoms with Gasteiger partial charge in [-0.2, -0.15) is 0 Å². The van der Waals surface area contributed by atoms with Crippen molar-refractivity contribution >= 4 is 15.9 Å². The number of fused-ring (bicyclic) bond motifs is 1. The summed E-state index contributed by atoms with van der Waals surface area (Å²) >= 11 is 3.57. The summed E-state index contributed by atoms with van der Waals surface area (Å²) in [5, 5.41) is 3.47. The first-order chi connectivity index (χ1) is 7.84. The second-order valence-corrected chi connectivity index (χ2v) is 5.03. The zero-order chi connectivity index (χ0) is 11.0. The van der Waals surface area contributed by atoms with E-state index in [-0.39, 0.29) is 0 Å². The van der Waals surface area contributed by atoms with Crippen LogP contribution in [0.25, 0.3) is 0 Å². The quantitative estimate of drug-likeness (QED) is 0.856.